The van der Waals surface area contributed by atoms with Gasteiger partial charge in [0.15, 0.2) is 0 Å². The lowest BCUT2D eigenvalue weighted by Gasteiger charge is -2.35. The van der Waals surface area contributed by atoms with Crippen molar-refractivity contribution in [2.75, 3.05) is 76.9 Å². The van der Waals surface area contributed by atoms with Crippen LogP contribution >= 0.6 is 0 Å². The summed E-state index contributed by atoms with van der Waals surface area (Å²) in [7, 11) is 3.91. The first kappa shape index (κ1) is 43.9. The molecule has 6 aliphatic rings. The van der Waals surface area contributed by atoms with Gasteiger partial charge in [-0.3, -0.25) is 24.4 Å². The minimum absolute atomic E-state index is 0.0354. The summed E-state index contributed by atoms with van der Waals surface area (Å²) in [4.78, 5) is 52.8. The van der Waals surface area contributed by atoms with Crippen LogP contribution in [0.1, 0.15) is 76.8 Å². The number of aromatic nitrogens is 2. The Bertz CT molecular complexity index is 2510. The average molecular weight is 887 g/mol. The van der Waals surface area contributed by atoms with E-state index in [1.165, 1.54) is 0 Å². The molecule has 10 rings (SSSR count). The van der Waals surface area contributed by atoms with Crippen LogP contribution < -0.4 is 21.0 Å². The van der Waals surface area contributed by atoms with Gasteiger partial charge in [0.2, 0.25) is 5.91 Å². The molecule has 7 atom stereocenters. The predicted molar refractivity (Wildman–Crippen MR) is 251 cm³/mol. The van der Waals surface area contributed by atoms with E-state index in [0.717, 1.165) is 101 Å². The lowest BCUT2D eigenvalue weighted by molar-refractivity contribution is -0.155. The number of methoxy groups -OCH3 is 1. The van der Waals surface area contributed by atoms with Crippen molar-refractivity contribution in [1.82, 2.24) is 30.2 Å². The standard InChI is InChI=1S/C51H66N8O6/c1-8-58-42-12-11-33-24-37(42)39(46(58)38-25-36(28-53-45(38)31(3)63-7)57-17-15-56(6)16-18-57)26-50(4,5)29-65-49(62)40-10-9-14-59(55-40)48(61)41-22-32-20-34(33)23-35(21-32)52-13-19-64-43-27-51(43)30(2)44(51)47(60)54-41/h11-12,20-21,23-25,28,30-31,40-41,43-44,52,55H,8-10,13-19,22,26-27,29H2,1-7H3,(H,54,60)/t30-,31+,40+,41+,43?,44+,51?/m1/s1. The molecule has 2 unspecified atom stereocenters. The molecule has 2 aliphatic carbocycles. The molecule has 14 heteroatoms. The smallest absolute Gasteiger partial charge is 0.324 e. The zero-order chi connectivity index (χ0) is 45.4. The van der Waals surface area contributed by atoms with Crippen molar-refractivity contribution in [3.05, 3.63) is 65.5 Å². The van der Waals surface area contributed by atoms with E-state index in [4.69, 9.17) is 19.2 Å². The van der Waals surface area contributed by atoms with E-state index in [0.29, 0.717) is 39.0 Å². The lowest BCUT2D eigenvalue weighted by Crippen LogP contribution is -2.60. The fourth-order valence-corrected chi connectivity index (χ4v) is 11.5. The summed E-state index contributed by atoms with van der Waals surface area (Å²) in [5, 5.41) is 9.53. The largest absolute Gasteiger partial charge is 0.464 e. The van der Waals surface area contributed by atoms with E-state index in [1.54, 1.807) is 12.1 Å². The Morgan fingerprint density at radius 1 is 1.00 bits per heavy atom. The molecule has 2 amide bonds. The van der Waals surface area contributed by atoms with Crippen molar-refractivity contribution in [3.8, 4) is 22.4 Å². The number of esters is 1. The second-order valence-corrected chi connectivity index (χ2v) is 20.4. The van der Waals surface area contributed by atoms with Gasteiger partial charge in [0.25, 0.3) is 5.91 Å². The number of rotatable bonds is 5. The van der Waals surface area contributed by atoms with Crippen molar-refractivity contribution in [3.63, 3.8) is 0 Å². The van der Waals surface area contributed by atoms with Crippen LogP contribution in [0.15, 0.2) is 48.7 Å². The Morgan fingerprint density at radius 2 is 1.82 bits per heavy atom. The zero-order valence-corrected chi connectivity index (χ0v) is 39.2. The molecule has 2 aromatic carbocycles. The number of likely N-dealkylation sites (N-methyl/N-ethyl adjacent to an activating group) is 1. The molecule has 2 saturated heterocycles. The molecule has 0 radical (unpaired) electrons. The fourth-order valence-electron chi connectivity index (χ4n) is 11.5. The number of ether oxygens (including phenoxy) is 3. The van der Waals surface area contributed by atoms with E-state index in [1.807, 2.05) is 6.20 Å². The number of anilines is 2. The highest BCUT2D eigenvalue weighted by Crippen LogP contribution is 2.75. The van der Waals surface area contributed by atoms with Crippen LogP contribution in [-0.2, 0) is 48.0 Å². The number of nitrogens with zero attached hydrogens (tertiary/aromatic N) is 5. The predicted octanol–water partition coefficient (Wildman–Crippen LogP) is 5.96. The Balaban J connectivity index is 1.14. The molecule has 4 aromatic rings. The monoisotopic (exact) mass is 887 g/mol. The highest BCUT2D eigenvalue weighted by Gasteiger charge is 2.79. The van der Waals surface area contributed by atoms with Crippen molar-refractivity contribution in [1.29, 1.82) is 0 Å². The topological polar surface area (TPSA) is 143 Å². The van der Waals surface area contributed by atoms with Crippen LogP contribution in [0.3, 0.4) is 0 Å². The van der Waals surface area contributed by atoms with Crippen molar-refractivity contribution in [2.24, 2.45) is 22.7 Å². The van der Waals surface area contributed by atoms with Gasteiger partial charge in [-0.2, -0.15) is 0 Å². The highest BCUT2D eigenvalue weighted by molar-refractivity contribution is 5.96. The minimum Gasteiger partial charge on any atom is -0.464 e. The maximum absolute atomic E-state index is 14.6. The second-order valence-electron chi connectivity index (χ2n) is 20.4. The third-order valence-electron chi connectivity index (χ3n) is 15.5. The zero-order valence-electron chi connectivity index (χ0n) is 39.2. The molecular weight excluding hydrogens is 821 g/mol. The van der Waals surface area contributed by atoms with Crippen LogP contribution in [0.4, 0.5) is 11.4 Å². The Labute approximate surface area is 382 Å². The van der Waals surface area contributed by atoms with E-state index >= 15 is 0 Å². The number of hydrogen-bond acceptors (Lipinski definition) is 11. The first-order valence-electron chi connectivity index (χ1n) is 23.9. The maximum Gasteiger partial charge on any atom is 0.324 e. The SMILES string of the molecule is CCn1c(-c2cc(N3CCN(C)CC3)cnc2[C@H](C)OC)c2c3cc(ccc31)-c1cc3cc(c1)NCCOC1CC14[C@H](C)[C@H]4C(=O)N[C@@H](C3)C(=O)N1CCC[C@H](N1)C(=O)OCC(C)(C)C2. The molecule has 8 bridgehead atoms. The van der Waals surface area contributed by atoms with Gasteiger partial charge in [0, 0.05) is 98.2 Å². The van der Waals surface area contributed by atoms with E-state index in [-0.39, 0.29) is 60.3 Å². The van der Waals surface area contributed by atoms with Crippen molar-refractivity contribution < 1.29 is 28.6 Å². The molecule has 1 spiro atoms. The van der Waals surface area contributed by atoms with Gasteiger partial charge in [-0.25, -0.2) is 5.43 Å². The molecule has 2 aromatic heterocycles. The summed E-state index contributed by atoms with van der Waals surface area (Å²) < 4.78 is 21.0. The second kappa shape index (κ2) is 17.0. The lowest BCUT2D eigenvalue weighted by atomic mass is 9.84. The van der Waals surface area contributed by atoms with Gasteiger partial charge in [0.05, 0.1) is 48.7 Å². The molecule has 346 valence electrons. The Hall–Kier alpha value is -5.02. The van der Waals surface area contributed by atoms with E-state index in [9.17, 15) is 14.4 Å². The fraction of sp³-hybridized carbons (Fsp3) is 0.569. The molecule has 4 aliphatic heterocycles. The minimum atomic E-state index is -0.856. The van der Waals surface area contributed by atoms with Crippen LogP contribution in [0, 0.1) is 22.7 Å². The number of carbonyl (C=O) groups excluding carboxylic acids is 3. The van der Waals surface area contributed by atoms with Gasteiger partial charge in [0.1, 0.15) is 12.1 Å². The highest BCUT2D eigenvalue weighted by atomic mass is 16.5. The quantitative estimate of drug-likeness (QED) is 0.205. The van der Waals surface area contributed by atoms with Crippen LogP contribution in [0.25, 0.3) is 33.3 Å². The number of amides is 2. The van der Waals surface area contributed by atoms with Crippen LogP contribution in [0.5, 0.6) is 0 Å². The third kappa shape index (κ3) is 8.08. The summed E-state index contributed by atoms with van der Waals surface area (Å²) in [6, 6.07) is 13.9. The molecule has 2 saturated carbocycles. The Morgan fingerprint density at radius 3 is 2.60 bits per heavy atom. The van der Waals surface area contributed by atoms with E-state index in [2.05, 4.69) is 115 Å². The molecule has 6 heterocycles. The van der Waals surface area contributed by atoms with Gasteiger partial charge >= 0.3 is 5.97 Å². The normalized spacial score (nSPS) is 28.7. The number of aryl methyl sites for hydroxylation is 1. The molecule has 65 heavy (non-hydrogen) atoms. The molecular formula is C51H66N8O6. The number of hydrazine groups is 1. The average Bonchev–Trinajstić information content (AvgIpc) is 4.14. The third-order valence-corrected chi connectivity index (χ3v) is 15.5. The number of fused-ring (bicyclic) bond motifs is 7. The number of cyclic esters (lactones) is 1. The number of carbonyl (C=O) groups is 3. The number of piperazine rings is 1. The summed E-state index contributed by atoms with van der Waals surface area (Å²) >= 11 is 0. The maximum atomic E-state index is 14.6. The van der Waals surface area contributed by atoms with Gasteiger partial charge in [-0.1, -0.05) is 32.9 Å². The summed E-state index contributed by atoms with van der Waals surface area (Å²) in [5.41, 5.74) is 12.8. The number of nitrogens with one attached hydrogen (secondary N) is 3. The number of hydrogen-bond donors (Lipinski definition) is 3. The van der Waals surface area contributed by atoms with Gasteiger partial charge in [-0.05, 0) is 105 Å². The molecule has 3 N–H and O–H groups in total. The van der Waals surface area contributed by atoms with Gasteiger partial charge < -0.3 is 39.2 Å². The molecule has 4 fully saturated rings. The Kier molecular flexibility index (Phi) is 11.5. The first-order chi connectivity index (χ1) is 31.3. The summed E-state index contributed by atoms with van der Waals surface area (Å²) in [5.74, 6) is -0.774. The van der Waals surface area contributed by atoms with Gasteiger partial charge in [-0.15, -0.1) is 0 Å². The summed E-state index contributed by atoms with van der Waals surface area (Å²) in [6.07, 6.45) is 4.68. The van der Waals surface area contributed by atoms with Crippen LogP contribution in [-0.4, -0.2) is 122 Å². The van der Waals surface area contributed by atoms with Crippen LogP contribution in [0.2, 0.25) is 0 Å². The van der Waals surface area contributed by atoms with E-state index < -0.39 is 17.5 Å². The summed E-state index contributed by atoms with van der Waals surface area (Å²) in [6.45, 7) is 17.0. The van der Waals surface area contributed by atoms with Crippen molar-refractivity contribution >= 4 is 40.1 Å². The molecule has 14 nitrogen and oxygen atoms in total. The number of benzene rings is 2. The first-order valence-corrected chi connectivity index (χ1v) is 23.9. The van der Waals surface area contributed by atoms with Crippen molar-refractivity contribution in [2.45, 2.75) is 97.6 Å². The number of pyridine rings is 1.